The van der Waals surface area contributed by atoms with Crippen LogP contribution < -0.4 is 0 Å². The van der Waals surface area contributed by atoms with Gasteiger partial charge in [0, 0.05) is 12.1 Å². The average Bonchev–Trinajstić information content (AvgIpc) is 2.96. The summed E-state index contributed by atoms with van der Waals surface area (Å²) < 4.78 is 5.18. The fourth-order valence-electron chi connectivity index (χ4n) is 3.78. The van der Waals surface area contributed by atoms with Gasteiger partial charge < -0.3 is 9.64 Å². The molecule has 0 saturated heterocycles. The second-order valence-electron chi connectivity index (χ2n) is 8.01. The molecule has 2 aromatic carbocycles. The van der Waals surface area contributed by atoms with Crippen LogP contribution in [0.3, 0.4) is 0 Å². The Bertz CT molecular complexity index is 1010. The average molecular weight is 422 g/mol. The molecule has 1 aliphatic rings. The molecule has 3 amide bonds. The lowest BCUT2D eigenvalue weighted by atomic mass is 10.1. The molecule has 0 saturated carbocycles. The van der Waals surface area contributed by atoms with Crippen molar-refractivity contribution in [1.82, 2.24) is 9.80 Å². The lowest BCUT2D eigenvalue weighted by Gasteiger charge is -2.30. The van der Waals surface area contributed by atoms with Gasteiger partial charge in [-0.3, -0.25) is 19.3 Å². The summed E-state index contributed by atoms with van der Waals surface area (Å²) in [5.41, 5.74) is 1.36. The van der Waals surface area contributed by atoms with E-state index in [4.69, 9.17) is 4.74 Å². The number of ether oxygens (including phenoxy) is 1. The van der Waals surface area contributed by atoms with Gasteiger partial charge in [-0.05, 0) is 51.5 Å². The van der Waals surface area contributed by atoms with Crippen molar-refractivity contribution in [3.05, 3.63) is 70.8 Å². The monoisotopic (exact) mass is 422 g/mol. The number of rotatable bonds is 7. The SMILES string of the molecule is CC(C)N(C(=O)COC(=O)c1ccc2c(c1)C(=O)N(Cc1ccccc1)C2=O)C(C)C. The minimum atomic E-state index is -0.717. The molecule has 1 heterocycles. The van der Waals surface area contributed by atoms with Crippen molar-refractivity contribution in [3.63, 3.8) is 0 Å². The molecular formula is C24H26N2O5. The third kappa shape index (κ3) is 4.66. The summed E-state index contributed by atoms with van der Waals surface area (Å²) in [5, 5.41) is 0. The van der Waals surface area contributed by atoms with E-state index in [0.717, 1.165) is 10.5 Å². The topological polar surface area (TPSA) is 84.0 Å². The first-order valence-corrected chi connectivity index (χ1v) is 10.2. The Hall–Kier alpha value is -3.48. The van der Waals surface area contributed by atoms with E-state index < -0.39 is 17.8 Å². The molecular weight excluding hydrogens is 396 g/mol. The highest BCUT2D eigenvalue weighted by molar-refractivity contribution is 6.21. The minimum absolute atomic E-state index is 0.0228. The highest BCUT2D eigenvalue weighted by Crippen LogP contribution is 2.26. The zero-order valence-corrected chi connectivity index (χ0v) is 18.1. The van der Waals surface area contributed by atoms with Crippen molar-refractivity contribution in [1.29, 1.82) is 0 Å². The van der Waals surface area contributed by atoms with Gasteiger partial charge in [-0.2, -0.15) is 0 Å². The molecule has 7 nitrogen and oxygen atoms in total. The smallest absolute Gasteiger partial charge is 0.338 e. The number of imide groups is 1. The van der Waals surface area contributed by atoms with Crippen LogP contribution in [-0.4, -0.2) is 52.2 Å². The summed E-state index contributed by atoms with van der Waals surface area (Å²) in [4.78, 5) is 53.1. The van der Waals surface area contributed by atoms with E-state index in [1.807, 2.05) is 58.0 Å². The first-order valence-electron chi connectivity index (χ1n) is 10.2. The number of amides is 3. The maximum atomic E-state index is 12.8. The Kier molecular flexibility index (Phi) is 6.53. The fraction of sp³-hybridized carbons (Fsp3) is 0.333. The molecule has 2 aromatic rings. The molecule has 0 fully saturated rings. The maximum absolute atomic E-state index is 12.8. The normalized spacial score (nSPS) is 13.0. The van der Waals surface area contributed by atoms with Gasteiger partial charge in [0.15, 0.2) is 6.61 Å². The number of esters is 1. The van der Waals surface area contributed by atoms with Crippen molar-refractivity contribution in [2.45, 2.75) is 46.3 Å². The zero-order valence-electron chi connectivity index (χ0n) is 18.1. The van der Waals surface area contributed by atoms with Crippen LogP contribution in [0.4, 0.5) is 0 Å². The summed E-state index contributed by atoms with van der Waals surface area (Å²) in [6, 6.07) is 13.4. The molecule has 0 spiro atoms. The molecule has 0 radical (unpaired) electrons. The van der Waals surface area contributed by atoms with E-state index in [-0.39, 0.29) is 47.8 Å². The van der Waals surface area contributed by atoms with Crippen LogP contribution in [0.15, 0.2) is 48.5 Å². The van der Waals surface area contributed by atoms with E-state index in [2.05, 4.69) is 0 Å². The molecule has 0 unspecified atom stereocenters. The molecule has 0 atom stereocenters. The van der Waals surface area contributed by atoms with E-state index in [9.17, 15) is 19.2 Å². The molecule has 0 aliphatic carbocycles. The maximum Gasteiger partial charge on any atom is 0.338 e. The van der Waals surface area contributed by atoms with Gasteiger partial charge in [0.25, 0.3) is 17.7 Å². The minimum Gasteiger partial charge on any atom is -0.452 e. The molecule has 7 heteroatoms. The Balaban J connectivity index is 1.71. The second kappa shape index (κ2) is 9.12. The zero-order chi connectivity index (χ0) is 22.7. The van der Waals surface area contributed by atoms with E-state index in [1.54, 1.807) is 4.90 Å². The lowest BCUT2D eigenvalue weighted by molar-refractivity contribution is -0.138. The molecule has 3 rings (SSSR count). The van der Waals surface area contributed by atoms with Crippen molar-refractivity contribution < 1.29 is 23.9 Å². The van der Waals surface area contributed by atoms with Crippen LogP contribution in [0.5, 0.6) is 0 Å². The van der Waals surface area contributed by atoms with E-state index >= 15 is 0 Å². The summed E-state index contributed by atoms with van der Waals surface area (Å²) in [6.07, 6.45) is 0. The van der Waals surface area contributed by atoms with Gasteiger partial charge in [0.2, 0.25) is 0 Å². The van der Waals surface area contributed by atoms with Gasteiger partial charge in [-0.15, -0.1) is 0 Å². The molecule has 1 aliphatic heterocycles. The van der Waals surface area contributed by atoms with Crippen LogP contribution >= 0.6 is 0 Å². The molecule has 162 valence electrons. The van der Waals surface area contributed by atoms with Crippen molar-refractivity contribution in [3.8, 4) is 0 Å². The predicted molar refractivity (Wildman–Crippen MR) is 114 cm³/mol. The van der Waals surface area contributed by atoms with Crippen molar-refractivity contribution >= 4 is 23.7 Å². The van der Waals surface area contributed by atoms with Gasteiger partial charge in [0.05, 0.1) is 23.2 Å². The molecule has 0 bridgehead atoms. The van der Waals surface area contributed by atoms with E-state index in [1.165, 1.54) is 18.2 Å². The van der Waals surface area contributed by atoms with Gasteiger partial charge in [-0.25, -0.2) is 4.79 Å². The van der Waals surface area contributed by atoms with Crippen molar-refractivity contribution in [2.75, 3.05) is 6.61 Å². The number of carbonyl (C=O) groups is 4. The first kappa shape index (κ1) is 22.2. The largest absolute Gasteiger partial charge is 0.452 e. The first-order chi connectivity index (χ1) is 14.7. The Morgan fingerprint density at radius 2 is 1.52 bits per heavy atom. The number of hydrogen-bond acceptors (Lipinski definition) is 5. The number of benzene rings is 2. The third-order valence-electron chi connectivity index (χ3n) is 5.12. The van der Waals surface area contributed by atoms with Crippen LogP contribution in [0.1, 0.15) is 64.3 Å². The van der Waals surface area contributed by atoms with Gasteiger partial charge in [-0.1, -0.05) is 30.3 Å². The van der Waals surface area contributed by atoms with Gasteiger partial charge >= 0.3 is 5.97 Å². The van der Waals surface area contributed by atoms with E-state index in [0.29, 0.717) is 0 Å². The third-order valence-corrected chi connectivity index (χ3v) is 5.12. The Labute approximate surface area is 181 Å². The summed E-state index contributed by atoms with van der Waals surface area (Å²) >= 11 is 0. The number of hydrogen-bond donors (Lipinski definition) is 0. The number of fused-ring (bicyclic) bond motifs is 1. The van der Waals surface area contributed by atoms with Crippen LogP contribution in [0, 0.1) is 0 Å². The van der Waals surface area contributed by atoms with Crippen LogP contribution in [0.2, 0.25) is 0 Å². The highest BCUT2D eigenvalue weighted by atomic mass is 16.5. The molecule has 0 aromatic heterocycles. The van der Waals surface area contributed by atoms with Crippen LogP contribution in [-0.2, 0) is 16.1 Å². The summed E-state index contributed by atoms with van der Waals surface area (Å²) in [5.74, 6) is -1.87. The Morgan fingerprint density at radius 3 is 2.13 bits per heavy atom. The predicted octanol–water partition coefficient (Wildman–Crippen LogP) is 3.29. The molecule has 0 N–H and O–H groups in total. The fourth-order valence-corrected chi connectivity index (χ4v) is 3.78. The second-order valence-corrected chi connectivity index (χ2v) is 8.01. The number of nitrogens with zero attached hydrogens (tertiary/aromatic N) is 2. The van der Waals surface area contributed by atoms with Gasteiger partial charge in [0.1, 0.15) is 0 Å². The van der Waals surface area contributed by atoms with Crippen molar-refractivity contribution in [2.24, 2.45) is 0 Å². The molecule has 31 heavy (non-hydrogen) atoms. The van der Waals surface area contributed by atoms with Crippen LogP contribution in [0.25, 0.3) is 0 Å². The summed E-state index contributed by atoms with van der Waals surface area (Å²) in [6.45, 7) is 7.34. The standard InChI is InChI=1S/C24H26N2O5/c1-15(2)26(16(3)4)21(27)14-31-24(30)18-10-11-19-20(12-18)23(29)25(22(19)28)13-17-8-6-5-7-9-17/h5-12,15-16H,13-14H2,1-4H3. The lowest BCUT2D eigenvalue weighted by Crippen LogP contribution is -2.44. The number of carbonyl (C=O) groups excluding carboxylic acids is 4. The quantitative estimate of drug-likeness (QED) is 0.505. The highest BCUT2D eigenvalue weighted by Gasteiger charge is 2.36. The Morgan fingerprint density at radius 1 is 0.903 bits per heavy atom. The summed E-state index contributed by atoms with van der Waals surface area (Å²) in [7, 11) is 0.